The second-order valence-corrected chi connectivity index (χ2v) is 4.37. The zero-order valence-corrected chi connectivity index (χ0v) is 9.41. The Morgan fingerprint density at radius 1 is 1.39 bits per heavy atom. The van der Waals surface area contributed by atoms with Gasteiger partial charge in [-0.25, -0.2) is 4.98 Å². The fraction of sp³-hybridized carbons (Fsp3) is 0.600. The SMILES string of the molecule is Nc1nc(NCC2CC(O)C2)cc(C(F)(F)F)n1. The Labute approximate surface area is 101 Å². The van der Waals surface area contributed by atoms with Gasteiger partial charge in [0, 0.05) is 12.6 Å². The molecule has 1 aromatic rings. The predicted octanol–water partition coefficient (Wildman–Crippen LogP) is 1.26. The number of alkyl halides is 3. The number of nitrogen functional groups attached to an aromatic ring is 1. The van der Waals surface area contributed by atoms with E-state index >= 15 is 0 Å². The number of aliphatic hydroxyl groups is 1. The molecule has 0 amide bonds. The summed E-state index contributed by atoms with van der Waals surface area (Å²) in [6.07, 6.45) is -3.53. The van der Waals surface area contributed by atoms with E-state index in [-0.39, 0.29) is 17.8 Å². The molecular formula is C10H13F3N4O. The first-order chi connectivity index (χ1) is 8.34. The maximum absolute atomic E-state index is 12.5. The first-order valence-corrected chi connectivity index (χ1v) is 5.48. The lowest BCUT2D eigenvalue weighted by Crippen LogP contribution is -2.33. The van der Waals surface area contributed by atoms with Crippen LogP contribution in [0.2, 0.25) is 0 Å². The molecule has 1 aliphatic rings. The van der Waals surface area contributed by atoms with Crippen LogP contribution >= 0.6 is 0 Å². The lowest BCUT2D eigenvalue weighted by molar-refractivity contribution is -0.141. The van der Waals surface area contributed by atoms with Crippen molar-refractivity contribution in [2.75, 3.05) is 17.6 Å². The standard InChI is InChI=1S/C10H13F3N4O/c11-10(12,13)7-3-8(17-9(14)16-7)15-4-5-1-6(18)2-5/h3,5-6,18H,1-2,4H2,(H3,14,15,16,17). The molecule has 8 heteroatoms. The van der Waals surface area contributed by atoms with Crippen LogP contribution in [0, 0.1) is 5.92 Å². The molecule has 0 aliphatic heterocycles. The number of hydrogen-bond acceptors (Lipinski definition) is 5. The highest BCUT2D eigenvalue weighted by atomic mass is 19.4. The van der Waals surface area contributed by atoms with Gasteiger partial charge in [0.15, 0.2) is 5.69 Å². The van der Waals surface area contributed by atoms with Crippen LogP contribution in [0.4, 0.5) is 24.9 Å². The molecule has 1 saturated carbocycles. The molecule has 0 atom stereocenters. The fourth-order valence-corrected chi connectivity index (χ4v) is 1.82. The summed E-state index contributed by atoms with van der Waals surface area (Å²) in [7, 11) is 0. The molecule has 5 nitrogen and oxygen atoms in total. The average Bonchev–Trinajstić information content (AvgIpc) is 2.21. The Balaban J connectivity index is 2.02. The summed E-state index contributed by atoms with van der Waals surface area (Å²) in [6.45, 7) is 0.463. The summed E-state index contributed by atoms with van der Waals surface area (Å²) in [5.74, 6) is -0.109. The molecule has 100 valence electrons. The van der Waals surface area contributed by atoms with Crippen molar-refractivity contribution < 1.29 is 18.3 Å². The lowest BCUT2D eigenvalue weighted by Gasteiger charge is -2.31. The van der Waals surface area contributed by atoms with Crippen molar-refractivity contribution in [3.05, 3.63) is 11.8 Å². The number of hydrogen-bond donors (Lipinski definition) is 3. The van der Waals surface area contributed by atoms with Crippen molar-refractivity contribution in [3.8, 4) is 0 Å². The largest absolute Gasteiger partial charge is 0.433 e. The Morgan fingerprint density at radius 2 is 2.06 bits per heavy atom. The van der Waals surface area contributed by atoms with Gasteiger partial charge in [-0.3, -0.25) is 0 Å². The third-order valence-electron chi connectivity index (χ3n) is 2.82. The maximum atomic E-state index is 12.5. The molecule has 2 rings (SSSR count). The van der Waals surface area contributed by atoms with E-state index in [0.29, 0.717) is 19.4 Å². The Kier molecular flexibility index (Phi) is 3.29. The number of anilines is 2. The second-order valence-electron chi connectivity index (χ2n) is 4.37. The minimum Gasteiger partial charge on any atom is -0.393 e. The molecule has 1 aromatic heterocycles. The summed E-state index contributed by atoms with van der Waals surface area (Å²) in [6, 6.07) is 0.825. The van der Waals surface area contributed by atoms with Crippen LogP contribution in [0.25, 0.3) is 0 Å². The minimum absolute atomic E-state index is 0.0521. The van der Waals surface area contributed by atoms with Gasteiger partial charge in [-0.2, -0.15) is 18.2 Å². The van der Waals surface area contributed by atoms with E-state index in [1.165, 1.54) is 0 Å². The Morgan fingerprint density at radius 3 is 2.61 bits per heavy atom. The third-order valence-corrected chi connectivity index (χ3v) is 2.82. The minimum atomic E-state index is -4.54. The van der Waals surface area contributed by atoms with E-state index in [2.05, 4.69) is 15.3 Å². The van der Waals surface area contributed by atoms with Crippen molar-refractivity contribution in [1.82, 2.24) is 9.97 Å². The molecule has 0 saturated heterocycles. The zero-order valence-electron chi connectivity index (χ0n) is 9.41. The van der Waals surface area contributed by atoms with Gasteiger partial charge in [0.2, 0.25) is 5.95 Å². The number of nitrogens with zero attached hydrogens (tertiary/aromatic N) is 2. The third kappa shape index (κ3) is 3.00. The lowest BCUT2D eigenvalue weighted by atomic mass is 9.82. The van der Waals surface area contributed by atoms with Crippen LogP contribution in [0.3, 0.4) is 0 Å². The zero-order chi connectivity index (χ0) is 13.3. The van der Waals surface area contributed by atoms with E-state index in [0.717, 1.165) is 6.07 Å². The summed E-state index contributed by atoms with van der Waals surface area (Å²) in [5, 5.41) is 11.9. The average molecular weight is 262 g/mol. The Bertz CT molecular complexity index is 432. The summed E-state index contributed by atoms with van der Waals surface area (Å²) >= 11 is 0. The highest BCUT2D eigenvalue weighted by Gasteiger charge is 2.33. The van der Waals surface area contributed by atoms with Crippen LogP contribution in [-0.2, 0) is 6.18 Å². The van der Waals surface area contributed by atoms with Crippen LogP contribution in [0.5, 0.6) is 0 Å². The van der Waals surface area contributed by atoms with Crippen molar-refractivity contribution in [1.29, 1.82) is 0 Å². The topological polar surface area (TPSA) is 84.1 Å². The van der Waals surface area contributed by atoms with Gasteiger partial charge in [-0.15, -0.1) is 0 Å². The van der Waals surface area contributed by atoms with Gasteiger partial charge >= 0.3 is 6.18 Å². The summed E-state index contributed by atoms with van der Waals surface area (Å²) in [5.41, 5.74) is 4.17. The maximum Gasteiger partial charge on any atom is 0.433 e. The van der Waals surface area contributed by atoms with Crippen LogP contribution in [-0.4, -0.2) is 27.7 Å². The highest BCUT2D eigenvalue weighted by Crippen LogP contribution is 2.30. The van der Waals surface area contributed by atoms with Gasteiger partial charge < -0.3 is 16.2 Å². The molecule has 0 unspecified atom stereocenters. The molecule has 0 bridgehead atoms. The molecule has 18 heavy (non-hydrogen) atoms. The van der Waals surface area contributed by atoms with Crippen molar-refractivity contribution in [2.24, 2.45) is 5.92 Å². The Hall–Kier alpha value is -1.57. The number of nitrogens with two attached hydrogens (primary N) is 1. The molecule has 1 aliphatic carbocycles. The quantitative estimate of drug-likeness (QED) is 0.763. The molecular weight excluding hydrogens is 249 g/mol. The van der Waals surface area contributed by atoms with E-state index in [1.54, 1.807) is 0 Å². The first-order valence-electron chi connectivity index (χ1n) is 5.48. The van der Waals surface area contributed by atoms with Crippen molar-refractivity contribution >= 4 is 11.8 Å². The molecule has 1 fully saturated rings. The van der Waals surface area contributed by atoms with Gasteiger partial charge in [0.05, 0.1) is 6.10 Å². The van der Waals surface area contributed by atoms with E-state index < -0.39 is 17.8 Å². The van der Waals surface area contributed by atoms with Gasteiger partial charge in [-0.1, -0.05) is 0 Å². The van der Waals surface area contributed by atoms with E-state index in [1.807, 2.05) is 0 Å². The molecule has 0 spiro atoms. The first kappa shape index (κ1) is 12.9. The van der Waals surface area contributed by atoms with Crippen LogP contribution in [0.15, 0.2) is 6.07 Å². The van der Waals surface area contributed by atoms with Gasteiger partial charge in [0.25, 0.3) is 0 Å². The fourth-order valence-electron chi connectivity index (χ4n) is 1.82. The number of halogens is 3. The van der Waals surface area contributed by atoms with E-state index in [4.69, 9.17) is 10.8 Å². The number of aromatic nitrogens is 2. The summed E-state index contributed by atoms with van der Waals surface area (Å²) in [4.78, 5) is 6.83. The van der Waals surface area contributed by atoms with Crippen LogP contribution in [0.1, 0.15) is 18.5 Å². The van der Waals surface area contributed by atoms with Crippen molar-refractivity contribution in [2.45, 2.75) is 25.1 Å². The van der Waals surface area contributed by atoms with Crippen LogP contribution < -0.4 is 11.1 Å². The molecule has 0 aromatic carbocycles. The molecule has 0 radical (unpaired) electrons. The smallest absolute Gasteiger partial charge is 0.393 e. The summed E-state index contributed by atoms with van der Waals surface area (Å²) < 4.78 is 37.4. The molecule has 4 N–H and O–H groups in total. The van der Waals surface area contributed by atoms with Gasteiger partial charge in [0.1, 0.15) is 5.82 Å². The molecule has 1 heterocycles. The number of aliphatic hydroxyl groups excluding tert-OH is 1. The number of rotatable bonds is 3. The monoisotopic (exact) mass is 262 g/mol. The van der Waals surface area contributed by atoms with E-state index in [9.17, 15) is 13.2 Å². The predicted molar refractivity (Wildman–Crippen MR) is 58.7 cm³/mol. The highest BCUT2D eigenvalue weighted by molar-refractivity contribution is 5.41. The normalized spacial score (nSPS) is 23.6. The second kappa shape index (κ2) is 4.60. The van der Waals surface area contributed by atoms with Gasteiger partial charge in [-0.05, 0) is 18.8 Å². The number of nitrogens with one attached hydrogen (secondary N) is 1. The van der Waals surface area contributed by atoms with Crippen molar-refractivity contribution in [3.63, 3.8) is 0 Å².